The second kappa shape index (κ2) is 6.83. The van der Waals surface area contributed by atoms with Crippen molar-refractivity contribution in [2.24, 2.45) is 0 Å². The molecule has 1 aromatic carbocycles. The quantitative estimate of drug-likeness (QED) is 0.923. The summed E-state index contributed by atoms with van der Waals surface area (Å²) in [5, 5.41) is 3.02. The number of nitrogens with one attached hydrogen (secondary N) is 1. The number of amides is 1. The number of hydrogen-bond acceptors (Lipinski definition) is 3. The highest BCUT2D eigenvalue weighted by atomic mass is 32.2. The van der Waals surface area contributed by atoms with Crippen LogP contribution in [0.15, 0.2) is 52.5 Å². The highest BCUT2D eigenvalue weighted by molar-refractivity contribution is 7.99. The maximum atomic E-state index is 12.7. The molecule has 0 unspecified atom stereocenters. The van der Waals surface area contributed by atoms with Gasteiger partial charge in [0.25, 0.3) is 5.91 Å². The number of nitrogens with zero attached hydrogens (tertiary/aromatic N) is 1. The van der Waals surface area contributed by atoms with E-state index < -0.39 is 11.7 Å². The number of carbonyl (C=O) groups excluding carboxylic acids is 1. The van der Waals surface area contributed by atoms with Crippen molar-refractivity contribution < 1.29 is 18.0 Å². The minimum absolute atomic E-state index is 0.301. The van der Waals surface area contributed by atoms with Crippen molar-refractivity contribution in [3.63, 3.8) is 0 Å². The van der Waals surface area contributed by atoms with Crippen molar-refractivity contribution in [2.75, 3.05) is 6.54 Å². The number of hydrogen-bond donors (Lipinski definition) is 1. The second-order valence-electron chi connectivity index (χ2n) is 4.34. The van der Waals surface area contributed by atoms with Gasteiger partial charge < -0.3 is 5.32 Å². The molecule has 0 aliphatic heterocycles. The first-order valence-electron chi connectivity index (χ1n) is 6.50. The minimum atomic E-state index is -4.40. The number of carbonyl (C=O) groups is 1. The van der Waals surface area contributed by atoms with E-state index in [9.17, 15) is 18.0 Å². The Morgan fingerprint density at radius 2 is 2.05 bits per heavy atom. The molecule has 1 amide bonds. The van der Waals surface area contributed by atoms with Crippen LogP contribution in [0, 0.1) is 0 Å². The summed E-state index contributed by atoms with van der Waals surface area (Å²) in [6.07, 6.45) is -2.90. The first-order valence-corrected chi connectivity index (χ1v) is 7.31. The summed E-state index contributed by atoms with van der Waals surface area (Å²) in [5.41, 5.74) is -0.389. The van der Waals surface area contributed by atoms with Crippen LogP contribution >= 0.6 is 11.8 Å². The van der Waals surface area contributed by atoms with E-state index in [0.29, 0.717) is 22.0 Å². The van der Waals surface area contributed by atoms with Gasteiger partial charge in [0.1, 0.15) is 5.03 Å². The van der Waals surface area contributed by atoms with Crippen LogP contribution in [-0.4, -0.2) is 17.4 Å². The topological polar surface area (TPSA) is 42.0 Å². The van der Waals surface area contributed by atoms with Crippen LogP contribution in [0.3, 0.4) is 0 Å². The van der Waals surface area contributed by atoms with E-state index in [1.54, 1.807) is 25.1 Å². The number of benzene rings is 1. The van der Waals surface area contributed by atoms with Crippen LogP contribution in [0.2, 0.25) is 0 Å². The molecular formula is C15H13F3N2OS. The van der Waals surface area contributed by atoms with Gasteiger partial charge in [-0.25, -0.2) is 4.98 Å². The Bertz CT molecular complexity index is 674. The van der Waals surface area contributed by atoms with E-state index in [1.165, 1.54) is 12.3 Å². The number of rotatable bonds is 4. The Morgan fingerprint density at radius 1 is 1.27 bits per heavy atom. The zero-order chi connectivity index (χ0) is 16.2. The molecule has 0 aliphatic rings. The van der Waals surface area contributed by atoms with Crippen LogP contribution in [0.4, 0.5) is 13.2 Å². The van der Waals surface area contributed by atoms with Gasteiger partial charge in [-0.05, 0) is 37.3 Å². The average Bonchev–Trinajstić information content (AvgIpc) is 2.47. The van der Waals surface area contributed by atoms with E-state index in [2.05, 4.69) is 10.3 Å². The molecule has 0 atom stereocenters. The van der Waals surface area contributed by atoms with Crippen molar-refractivity contribution in [1.82, 2.24) is 10.3 Å². The van der Waals surface area contributed by atoms with Gasteiger partial charge in [-0.1, -0.05) is 17.8 Å². The molecular weight excluding hydrogens is 313 g/mol. The molecule has 0 bridgehead atoms. The molecule has 0 saturated heterocycles. The third kappa shape index (κ3) is 4.00. The number of alkyl halides is 3. The van der Waals surface area contributed by atoms with Gasteiger partial charge in [0.15, 0.2) is 0 Å². The van der Waals surface area contributed by atoms with E-state index in [-0.39, 0.29) is 5.91 Å². The third-order valence-corrected chi connectivity index (χ3v) is 3.74. The lowest BCUT2D eigenvalue weighted by Crippen LogP contribution is -2.23. The summed E-state index contributed by atoms with van der Waals surface area (Å²) in [6.45, 7) is 2.25. The fourth-order valence-electron chi connectivity index (χ4n) is 1.75. The molecule has 1 N–H and O–H groups in total. The monoisotopic (exact) mass is 326 g/mol. The van der Waals surface area contributed by atoms with Crippen LogP contribution in [0.5, 0.6) is 0 Å². The largest absolute Gasteiger partial charge is 0.416 e. The van der Waals surface area contributed by atoms with Crippen molar-refractivity contribution in [3.8, 4) is 0 Å². The molecule has 116 valence electrons. The summed E-state index contributed by atoms with van der Waals surface area (Å²) in [7, 11) is 0. The van der Waals surface area contributed by atoms with Gasteiger partial charge >= 0.3 is 6.18 Å². The average molecular weight is 326 g/mol. The van der Waals surface area contributed by atoms with E-state index in [0.717, 1.165) is 23.9 Å². The highest BCUT2D eigenvalue weighted by Crippen LogP contribution is 2.34. The van der Waals surface area contributed by atoms with Gasteiger partial charge in [-0.2, -0.15) is 13.2 Å². The second-order valence-corrected chi connectivity index (χ2v) is 5.41. The molecule has 0 spiro atoms. The van der Waals surface area contributed by atoms with Crippen LogP contribution < -0.4 is 5.32 Å². The van der Waals surface area contributed by atoms with Gasteiger partial charge in [0.2, 0.25) is 0 Å². The van der Waals surface area contributed by atoms with Crippen LogP contribution in [0.25, 0.3) is 0 Å². The maximum Gasteiger partial charge on any atom is 0.416 e. The molecule has 22 heavy (non-hydrogen) atoms. The molecule has 1 aromatic heterocycles. The molecule has 0 radical (unpaired) electrons. The molecule has 0 saturated carbocycles. The Balaban J connectivity index is 2.30. The fraction of sp³-hybridized carbons (Fsp3) is 0.200. The van der Waals surface area contributed by atoms with Crippen molar-refractivity contribution in [3.05, 3.63) is 53.7 Å². The molecule has 7 heteroatoms. The van der Waals surface area contributed by atoms with E-state index in [1.807, 2.05) is 0 Å². The van der Waals surface area contributed by atoms with Gasteiger partial charge in [0.05, 0.1) is 11.1 Å². The SMILES string of the molecule is CCNC(=O)c1cccnc1Sc1cccc(C(F)(F)F)c1. The standard InChI is InChI=1S/C15H13F3N2OS/c1-2-19-13(21)12-7-4-8-20-14(12)22-11-6-3-5-10(9-11)15(16,17)18/h3-9H,2H2,1H3,(H,19,21). The smallest absolute Gasteiger partial charge is 0.352 e. The summed E-state index contributed by atoms with van der Waals surface area (Å²) in [5.74, 6) is -0.301. The van der Waals surface area contributed by atoms with Crippen LogP contribution in [0.1, 0.15) is 22.8 Å². The minimum Gasteiger partial charge on any atom is -0.352 e. The zero-order valence-corrected chi connectivity index (χ0v) is 12.5. The van der Waals surface area contributed by atoms with Crippen molar-refractivity contribution in [2.45, 2.75) is 23.0 Å². The highest BCUT2D eigenvalue weighted by Gasteiger charge is 2.30. The molecule has 1 heterocycles. The Labute approximate surface area is 129 Å². The summed E-state index contributed by atoms with van der Waals surface area (Å²) in [6, 6.07) is 8.14. The first-order chi connectivity index (χ1) is 10.4. The number of aromatic nitrogens is 1. The lowest BCUT2D eigenvalue weighted by atomic mass is 10.2. The van der Waals surface area contributed by atoms with E-state index in [4.69, 9.17) is 0 Å². The van der Waals surface area contributed by atoms with Crippen LogP contribution in [-0.2, 0) is 6.18 Å². The van der Waals surface area contributed by atoms with Crippen molar-refractivity contribution >= 4 is 17.7 Å². The Kier molecular flexibility index (Phi) is 5.07. The lowest BCUT2D eigenvalue weighted by molar-refractivity contribution is -0.137. The third-order valence-electron chi connectivity index (χ3n) is 2.73. The normalized spacial score (nSPS) is 11.3. The predicted molar refractivity (Wildman–Crippen MR) is 77.8 cm³/mol. The van der Waals surface area contributed by atoms with Gasteiger partial charge in [-0.15, -0.1) is 0 Å². The lowest BCUT2D eigenvalue weighted by Gasteiger charge is -2.10. The Morgan fingerprint density at radius 3 is 2.73 bits per heavy atom. The molecule has 3 nitrogen and oxygen atoms in total. The number of halogens is 3. The zero-order valence-electron chi connectivity index (χ0n) is 11.6. The van der Waals surface area contributed by atoms with Crippen molar-refractivity contribution in [1.29, 1.82) is 0 Å². The first kappa shape index (κ1) is 16.4. The maximum absolute atomic E-state index is 12.7. The Hall–Kier alpha value is -2.02. The fourth-order valence-corrected chi connectivity index (χ4v) is 2.69. The molecule has 0 aliphatic carbocycles. The summed E-state index contributed by atoms with van der Waals surface area (Å²) in [4.78, 5) is 16.4. The molecule has 0 fully saturated rings. The summed E-state index contributed by atoms with van der Waals surface area (Å²) >= 11 is 1.03. The van der Waals surface area contributed by atoms with E-state index >= 15 is 0 Å². The molecule has 2 aromatic rings. The number of pyridine rings is 1. The van der Waals surface area contributed by atoms with Gasteiger partial charge in [0, 0.05) is 17.6 Å². The predicted octanol–water partition coefficient (Wildman–Crippen LogP) is 4.00. The van der Waals surface area contributed by atoms with Gasteiger partial charge in [-0.3, -0.25) is 4.79 Å². The molecule has 2 rings (SSSR count). The summed E-state index contributed by atoms with van der Waals surface area (Å²) < 4.78 is 38.2.